The molecule has 31 heavy (non-hydrogen) atoms. The van der Waals surface area contributed by atoms with Gasteiger partial charge < -0.3 is 0 Å². The molecule has 10 nitrogen and oxygen atoms in total. The molecule has 4 aromatic rings. The van der Waals surface area contributed by atoms with Crippen LogP contribution in [0, 0.1) is 4.91 Å². The van der Waals surface area contributed by atoms with Crippen molar-refractivity contribution in [1.82, 2.24) is 0 Å². The molecule has 0 aliphatic carbocycles. The Morgan fingerprint density at radius 2 is 1.10 bits per heavy atom. The summed E-state index contributed by atoms with van der Waals surface area (Å²) in [6.45, 7) is 0. The molecule has 4 rings (SSSR count). The van der Waals surface area contributed by atoms with E-state index in [4.69, 9.17) is 9.11 Å². The first-order chi connectivity index (χ1) is 14.4. The van der Waals surface area contributed by atoms with Gasteiger partial charge in [-0.05, 0) is 68.7 Å². The zero-order valence-corrected chi connectivity index (χ0v) is 17.0. The first kappa shape index (κ1) is 22.4. The predicted molar refractivity (Wildman–Crippen MR) is 113 cm³/mol. The van der Waals surface area contributed by atoms with Crippen molar-refractivity contribution in [3.63, 3.8) is 0 Å². The smallest absolute Gasteiger partial charge is 0.263 e. The van der Waals surface area contributed by atoms with Crippen molar-refractivity contribution in [2.75, 3.05) is 0 Å². The van der Waals surface area contributed by atoms with Gasteiger partial charge in [0.2, 0.25) is 0 Å². The molecule has 1 amide bonds. The molecule has 0 atom stereocenters. The van der Waals surface area contributed by atoms with E-state index in [0.29, 0.717) is 5.56 Å². The van der Waals surface area contributed by atoms with Gasteiger partial charge in [-0.25, -0.2) is 0 Å². The summed E-state index contributed by atoms with van der Waals surface area (Å²) in [5.41, 5.74) is 0.322. The minimum atomic E-state index is -5.12. The highest BCUT2D eigenvalue weighted by Gasteiger charge is 2.15. The Morgan fingerprint density at radius 1 is 0.677 bits per heavy atom. The zero-order valence-electron chi connectivity index (χ0n) is 15.4. The summed E-state index contributed by atoms with van der Waals surface area (Å²) in [6.07, 6.45) is 0. The maximum atomic E-state index is 11.4. The Hall–Kier alpha value is -3.29. The SMILES string of the molecule is O=NC(=O)c1ccc2cc3cc4ccccc4cc3cc2c1.O=S(=O)(O)OS(=O)(=O)O. The molecule has 12 heteroatoms. The minimum Gasteiger partial charge on any atom is -0.263 e. The highest BCUT2D eigenvalue weighted by atomic mass is 32.3. The summed E-state index contributed by atoms with van der Waals surface area (Å²) in [7, 11) is -10.2. The van der Waals surface area contributed by atoms with Crippen molar-refractivity contribution in [1.29, 1.82) is 0 Å². The lowest BCUT2D eigenvalue weighted by Gasteiger charge is -2.06. The third-order valence-electron chi connectivity index (χ3n) is 4.16. The van der Waals surface area contributed by atoms with Crippen LogP contribution in [0.3, 0.4) is 0 Å². The van der Waals surface area contributed by atoms with Gasteiger partial charge in [0.25, 0.3) is 0 Å². The van der Waals surface area contributed by atoms with Crippen molar-refractivity contribution in [3.8, 4) is 0 Å². The maximum absolute atomic E-state index is 11.4. The second-order valence-electron chi connectivity index (χ2n) is 6.28. The Morgan fingerprint density at radius 3 is 1.52 bits per heavy atom. The van der Waals surface area contributed by atoms with Crippen molar-refractivity contribution < 1.29 is 34.4 Å². The molecule has 0 aliphatic rings. The van der Waals surface area contributed by atoms with Crippen LogP contribution in [0.15, 0.2) is 71.9 Å². The molecule has 160 valence electrons. The Labute approximate surface area is 175 Å². The highest BCUT2D eigenvalue weighted by molar-refractivity contribution is 7.94. The lowest BCUT2D eigenvalue weighted by atomic mass is 9.98. The second kappa shape index (κ2) is 8.45. The van der Waals surface area contributed by atoms with Gasteiger partial charge in [0.1, 0.15) is 0 Å². The number of nitrogens with zero attached hydrogens (tertiary/aromatic N) is 1. The van der Waals surface area contributed by atoms with E-state index in [1.165, 1.54) is 10.8 Å². The summed E-state index contributed by atoms with van der Waals surface area (Å²) in [6, 6.07) is 21.9. The molecular weight excluding hydrogens is 450 g/mol. The number of hydrogen-bond acceptors (Lipinski definition) is 7. The minimum absolute atomic E-state index is 0.322. The molecule has 0 aromatic heterocycles. The van der Waals surface area contributed by atoms with Crippen LogP contribution in [0.5, 0.6) is 0 Å². The van der Waals surface area contributed by atoms with Crippen LogP contribution in [-0.2, 0) is 24.4 Å². The fourth-order valence-corrected chi connectivity index (χ4v) is 3.86. The van der Waals surface area contributed by atoms with Gasteiger partial charge in [0.15, 0.2) is 0 Å². The summed E-state index contributed by atoms with van der Waals surface area (Å²) < 4.78 is 55.6. The Kier molecular flexibility index (Phi) is 6.10. The van der Waals surface area contributed by atoms with E-state index in [-0.39, 0.29) is 0 Å². The number of carbonyl (C=O) groups is 1. The normalized spacial score (nSPS) is 11.8. The third-order valence-corrected chi connectivity index (χ3v) is 5.54. The van der Waals surface area contributed by atoms with Gasteiger partial charge in [-0.15, -0.1) is 8.54 Å². The average molecular weight is 463 g/mol. The molecule has 0 heterocycles. The second-order valence-corrected chi connectivity index (χ2v) is 8.54. The summed E-state index contributed by atoms with van der Waals surface area (Å²) in [4.78, 5) is 21.8. The highest BCUT2D eigenvalue weighted by Crippen LogP contribution is 2.28. The molecule has 2 N–H and O–H groups in total. The first-order valence-electron chi connectivity index (χ1n) is 8.35. The van der Waals surface area contributed by atoms with Gasteiger partial charge in [0.05, 0.1) is 0 Å². The number of rotatable bonds is 3. The summed E-state index contributed by atoms with van der Waals surface area (Å²) in [5, 5.41) is 9.08. The molecule has 0 saturated heterocycles. The topological polar surface area (TPSA) is 164 Å². The number of benzene rings is 4. The van der Waals surface area contributed by atoms with Crippen LogP contribution in [-0.4, -0.2) is 31.8 Å². The van der Waals surface area contributed by atoms with E-state index in [1.54, 1.807) is 12.1 Å². The quantitative estimate of drug-likeness (QED) is 0.262. The molecular formula is C19H13NO9S2. The van der Waals surface area contributed by atoms with Gasteiger partial charge in [-0.1, -0.05) is 30.3 Å². The summed E-state index contributed by atoms with van der Waals surface area (Å²) >= 11 is 0. The standard InChI is InChI=1S/C19H11NO2.H2O7S2/c21-19(20-22)15-6-5-14-9-17-7-12-3-1-2-4-13(12)8-18(17)11-16(14)10-15;1-8(2,3)7-9(4,5)6/h1-11H;(H,1,2,3)(H,4,5,6). The molecule has 0 spiro atoms. The van der Waals surface area contributed by atoms with Gasteiger partial charge >= 0.3 is 26.7 Å². The Bertz CT molecular complexity index is 1520. The van der Waals surface area contributed by atoms with Gasteiger partial charge in [-0.2, -0.15) is 16.8 Å². The van der Waals surface area contributed by atoms with E-state index >= 15 is 0 Å². The molecule has 0 bridgehead atoms. The van der Waals surface area contributed by atoms with Crippen LogP contribution in [0.1, 0.15) is 10.4 Å². The van der Waals surface area contributed by atoms with Crippen molar-refractivity contribution in [2.24, 2.45) is 5.18 Å². The maximum Gasteiger partial charge on any atom is 0.413 e. The van der Waals surface area contributed by atoms with Crippen LogP contribution in [0.25, 0.3) is 32.3 Å². The number of nitroso groups, excluding NO2 is 1. The van der Waals surface area contributed by atoms with Crippen molar-refractivity contribution in [2.45, 2.75) is 0 Å². The monoisotopic (exact) mass is 463 g/mol. The fourth-order valence-electron chi connectivity index (χ4n) is 2.99. The molecule has 0 saturated carbocycles. The van der Waals surface area contributed by atoms with E-state index in [1.807, 2.05) is 24.3 Å². The van der Waals surface area contributed by atoms with E-state index < -0.39 is 26.7 Å². The number of fused-ring (bicyclic) bond motifs is 3. The van der Waals surface area contributed by atoms with Gasteiger partial charge in [-0.3, -0.25) is 13.9 Å². The zero-order chi connectivity index (χ0) is 22.8. The molecule has 0 aliphatic heterocycles. The van der Waals surface area contributed by atoms with Crippen LogP contribution in [0.4, 0.5) is 0 Å². The lowest BCUT2D eigenvalue weighted by Crippen LogP contribution is -2.10. The molecule has 4 aromatic carbocycles. The third kappa shape index (κ3) is 5.87. The van der Waals surface area contributed by atoms with E-state index in [9.17, 15) is 26.5 Å². The van der Waals surface area contributed by atoms with Crippen LogP contribution in [0.2, 0.25) is 0 Å². The van der Waals surface area contributed by atoms with Crippen molar-refractivity contribution >= 4 is 59.0 Å². The summed E-state index contributed by atoms with van der Waals surface area (Å²) in [5.74, 6) is -0.736. The number of amides is 1. The lowest BCUT2D eigenvalue weighted by molar-refractivity contribution is 0.100. The first-order valence-corrected chi connectivity index (χ1v) is 11.1. The predicted octanol–water partition coefficient (Wildman–Crippen LogP) is 3.66. The number of carbonyl (C=O) groups excluding carboxylic acids is 1. The van der Waals surface area contributed by atoms with Crippen LogP contribution < -0.4 is 0 Å². The fraction of sp³-hybridized carbons (Fsp3) is 0. The molecule has 0 unspecified atom stereocenters. The van der Waals surface area contributed by atoms with Crippen molar-refractivity contribution in [3.05, 3.63) is 77.2 Å². The average Bonchev–Trinajstić information content (AvgIpc) is 2.67. The number of hydrogen-bond donors (Lipinski definition) is 2. The Balaban J connectivity index is 0.000000259. The van der Waals surface area contributed by atoms with Crippen LogP contribution >= 0.6 is 0 Å². The van der Waals surface area contributed by atoms with Gasteiger partial charge in [0, 0.05) is 10.7 Å². The molecule has 0 fully saturated rings. The van der Waals surface area contributed by atoms with E-state index in [2.05, 4.69) is 39.1 Å². The van der Waals surface area contributed by atoms with E-state index in [0.717, 1.165) is 21.5 Å². The molecule has 0 radical (unpaired) electrons. The largest absolute Gasteiger partial charge is 0.413 e.